The minimum atomic E-state index is 0.000896. The van der Waals surface area contributed by atoms with Gasteiger partial charge in [-0.25, -0.2) is 0 Å². The molecule has 16 heavy (non-hydrogen) atoms. The van der Waals surface area contributed by atoms with E-state index in [0.29, 0.717) is 11.8 Å². The average Bonchev–Trinajstić information content (AvgIpc) is 2.29. The van der Waals surface area contributed by atoms with Gasteiger partial charge >= 0.3 is 0 Å². The van der Waals surface area contributed by atoms with Crippen molar-refractivity contribution < 1.29 is 0 Å². The van der Waals surface area contributed by atoms with Gasteiger partial charge in [0.15, 0.2) is 0 Å². The van der Waals surface area contributed by atoms with Crippen LogP contribution < -0.4 is 0 Å². The molecular weight excluding hydrogens is 216 g/mol. The molecule has 1 rings (SSSR count). The van der Waals surface area contributed by atoms with Crippen LogP contribution in [0.4, 0.5) is 0 Å². The highest BCUT2D eigenvalue weighted by molar-refractivity contribution is 6.18. The molecule has 0 heterocycles. The van der Waals surface area contributed by atoms with E-state index in [-0.39, 0.29) is 5.41 Å². The van der Waals surface area contributed by atoms with E-state index in [2.05, 4.69) is 51.6 Å². The lowest BCUT2D eigenvalue weighted by molar-refractivity contribution is 0.486. The van der Waals surface area contributed by atoms with Crippen LogP contribution in [0.3, 0.4) is 0 Å². The number of rotatable bonds is 5. The zero-order valence-electron chi connectivity index (χ0n) is 10.5. The number of hydrogen-bond donors (Lipinski definition) is 0. The normalized spacial score (nSPS) is 14.8. The molecular formula is C15H21Cl. The van der Waals surface area contributed by atoms with Gasteiger partial charge in [-0.3, -0.25) is 0 Å². The van der Waals surface area contributed by atoms with Crippen molar-refractivity contribution in [1.29, 1.82) is 0 Å². The van der Waals surface area contributed by atoms with Gasteiger partial charge in [0.05, 0.1) is 0 Å². The molecule has 0 aliphatic carbocycles. The third-order valence-corrected chi connectivity index (χ3v) is 3.66. The fourth-order valence-electron chi connectivity index (χ4n) is 1.66. The lowest BCUT2D eigenvalue weighted by atomic mass is 9.85. The summed E-state index contributed by atoms with van der Waals surface area (Å²) in [7, 11) is 0. The van der Waals surface area contributed by atoms with Crippen LogP contribution in [0.15, 0.2) is 36.9 Å². The van der Waals surface area contributed by atoms with Gasteiger partial charge in [-0.05, 0) is 23.5 Å². The van der Waals surface area contributed by atoms with Gasteiger partial charge in [0.2, 0.25) is 0 Å². The van der Waals surface area contributed by atoms with Crippen molar-refractivity contribution >= 4 is 11.6 Å². The average molecular weight is 237 g/mol. The van der Waals surface area contributed by atoms with E-state index in [0.717, 1.165) is 6.42 Å². The predicted octanol–water partition coefficient (Wildman–Crippen LogP) is 4.78. The van der Waals surface area contributed by atoms with Gasteiger partial charge in [0, 0.05) is 11.3 Å². The maximum atomic E-state index is 5.97. The second-order valence-corrected chi connectivity index (χ2v) is 5.33. The van der Waals surface area contributed by atoms with Crippen LogP contribution in [-0.2, 0) is 6.42 Å². The van der Waals surface area contributed by atoms with E-state index in [9.17, 15) is 0 Å². The maximum Gasteiger partial charge on any atom is 0.0315 e. The van der Waals surface area contributed by atoms with Crippen molar-refractivity contribution in [2.75, 3.05) is 5.88 Å². The zero-order valence-corrected chi connectivity index (χ0v) is 11.2. The predicted molar refractivity (Wildman–Crippen MR) is 73.3 cm³/mol. The Labute approximate surface area is 104 Å². The van der Waals surface area contributed by atoms with Crippen molar-refractivity contribution in [3.05, 3.63) is 48.0 Å². The molecule has 0 radical (unpaired) electrons. The standard InChI is InChI=1S/C15H21Cl/c1-5-15(4,11-16)10-13-6-8-14(9-7-13)12(2)3/h5-9,12H,1,10-11H2,2-4H3. The molecule has 1 unspecified atom stereocenters. The second-order valence-electron chi connectivity index (χ2n) is 5.06. The van der Waals surface area contributed by atoms with Gasteiger partial charge < -0.3 is 0 Å². The van der Waals surface area contributed by atoms with E-state index in [1.54, 1.807) is 0 Å². The summed E-state index contributed by atoms with van der Waals surface area (Å²) < 4.78 is 0. The van der Waals surface area contributed by atoms with Crippen LogP contribution in [0.2, 0.25) is 0 Å². The van der Waals surface area contributed by atoms with E-state index in [4.69, 9.17) is 11.6 Å². The fourth-order valence-corrected chi connectivity index (χ4v) is 1.86. The van der Waals surface area contributed by atoms with E-state index in [1.165, 1.54) is 11.1 Å². The molecule has 0 fully saturated rings. The highest BCUT2D eigenvalue weighted by Gasteiger charge is 2.19. The summed E-state index contributed by atoms with van der Waals surface area (Å²) in [6, 6.07) is 8.81. The quantitative estimate of drug-likeness (QED) is 0.510. The summed E-state index contributed by atoms with van der Waals surface area (Å²) >= 11 is 5.97. The third kappa shape index (κ3) is 3.38. The van der Waals surface area contributed by atoms with Crippen molar-refractivity contribution in [2.24, 2.45) is 5.41 Å². The fraction of sp³-hybridized carbons (Fsp3) is 0.467. The monoisotopic (exact) mass is 236 g/mol. The van der Waals surface area contributed by atoms with Gasteiger partial charge in [0.25, 0.3) is 0 Å². The lowest BCUT2D eigenvalue weighted by Crippen LogP contribution is -2.18. The van der Waals surface area contributed by atoms with Crippen LogP contribution in [0, 0.1) is 5.41 Å². The topological polar surface area (TPSA) is 0 Å². The molecule has 0 saturated heterocycles. The first-order valence-electron chi connectivity index (χ1n) is 5.79. The molecule has 0 amide bonds. The lowest BCUT2D eigenvalue weighted by Gasteiger charge is -2.22. The summed E-state index contributed by atoms with van der Waals surface area (Å²) in [4.78, 5) is 0. The van der Waals surface area contributed by atoms with Crippen molar-refractivity contribution in [3.63, 3.8) is 0 Å². The number of alkyl halides is 1. The SMILES string of the molecule is C=CC(C)(CCl)Cc1ccc(C(C)C)cc1. The maximum absolute atomic E-state index is 5.97. The first-order valence-corrected chi connectivity index (χ1v) is 6.32. The Morgan fingerprint density at radius 3 is 2.25 bits per heavy atom. The summed E-state index contributed by atoms with van der Waals surface area (Å²) in [6.45, 7) is 10.4. The first kappa shape index (κ1) is 13.3. The Morgan fingerprint density at radius 1 is 1.31 bits per heavy atom. The third-order valence-electron chi connectivity index (χ3n) is 3.05. The van der Waals surface area contributed by atoms with Crippen molar-refractivity contribution in [3.8, 4) is 0 Å². The molecule has 1 atom stereocenters. The number of allylic oxidation sites excluding steroid dienone is 1. The van der Waals surface area contributed by atoms with E-state index < -0.39 is 0 Å². The molecule has 0 N–H and O–H groups in total. The van der Waals surface area contributed by atoms with Crippen LogP contribution in [-0.4, -0.2) is 5.88 Å². The summed E-state index contributed by atoms with van der Waals surface area (Å²) in [5.74, 6) is 1.20. The molecule has 88 valence electrons. The molecule has 1 aromatic carbocycles. The Hall–Kier alpha value is -0.750. The smallest absolute Gasteiger partial charge is 0.0315 e. The van der Waals surface area contributed by atoms with Gasteiger partial charge in [-0.2, -0.15) is 0 Å². The summed E-state index contributed by atoms with van der Waals surface area (Å²) in [5, 5.41) is 0. The van der Waals surface area contributed by atoms with Crippen molar-refractivity contribution in [2.45, 2.75) is 33.1 Å². The number of hydrogen-bond acceptors (Lipinski definition) is 0. The molecule has 0 aromatic heterocycles. The van der Waals surface area contributed by atoms with E-state index in [1.807, 2.05) is 6.08 Å². The second kappa shape index (κ2) is 5.54. The Kier molecular flexibility index (Phi) is 4.61. The highest BCUT2D eigenvalue weighted by Crippen LogP contribution is 2.26. The Balaban J connectivity index is 2.79. The molecule has 0 aliphatic heterocycles. The molecule has 0 saturated carbocycles. The van der Waals surface area contributed by atoms with Crippen LogP contribution >= 0.6 is 11.6 Å². The first-order chi connectivity index (χ1) is 7.50. The van der Waals surface area contributed by atoms with Gasteiger partial charge in [-0.1, -0.05) is 51.1 Å². The highest BCUT2D eigenvalue weighted by atomic mass is 35.5. The number of halogens is 1. The molecule has 0 spiro atoms. The molecule has 0 bridgehead atoms. The Morgan fingerprint density at radius 2 is 1.88 bits per heavy atom. The number of benzene rings is 1. The minimum Gasteiger partial charge on any atom is -0.126 e. The molecule has 1 heteroatoms. The van der Waals surface area contributed by atoms with Gasteiger partial charge in [0.1, 0.15) is 0 Å². The van der Waals surface area contributed by atoms with E-state index >= 15 is 0 Å². The summed E-state index contributed by atoms with van der Waals surface area (Å²) in [6.07, 6.45) is 2.91. The van der Waals surface area contributed by atoms with Gasteiger partial charge in [-0.15, -0.1) is 18.2 Å². The van der Waals surface area contributed by atoms with Crippen molar-refractivity contribution in [1.82, 2.24) is 0 Å². The zero-order chi connectivity index (χ0) is 12.2. The largest absolute Gasteiger partial charge is 0.126 e. The van der Waals surface area contributed by atoms with Crippen LogP contribution in [0.5, 0.6) is 0 Å². The minimum absolute atomic E-state index is 0.000896. The Bertz CT molecular complexity index is 337. The van der Waals surface area contributed by atoms with Crippen LogP contribution in [0.1, 0.15) is 37.8 Å². The summed E-state index contributed by atoms with van der Waals surface area (Å²) in [5.41, 5.74) is 2.71. The van der Waals surface area contributed by atoms with Crippen LogP contribution in [0.25, 0.3) is 0 Å². The molecule has 1 aromatic rings. The molecule has 0 nitrogen and oxygen atoms in total. The molecule has 0 aliphatic rings.